The van der Waals surface area contributed by atoms with Gasteiger partial charge < -0.3 is 4.74 Å². The summed E-state index contributed by atoms with van der Waals surface area (Å²) < 4.78 is 6.22. The molecule has 0 bridgehead atoms. The SMILES string of the molecule is CCCCCC1OOC(c2ccccc2)(c2ccccc2)O1. The van der Waals surface area contributed by atoms with Crippen molar-refractivity contribution in [2.45, 2.75) is 44.7 Å². The van der Waals surface area contributed by atoms with E-state index in [1.165, 1.54) is 12.8 Å². The molecule has 1 atom stereocenters. The molecule has 2 aromatic rings. The molecule has 1 heterocycles. The molecule has 1 unspecified atom stereocenters. The molecule has 0 radical (unpaired) electrons. The van der Waals surface area contributed by atoms with Crippen LogP contribution in [-0.2, 0) is 20.3 Å². The fourth-order valence-corrected chi connectivity index (χ4v) is 2.73. The van der Waals surface area contributed by atoms with Crippen LogP contribution in [0.3, 0.4) is 0 Å². The van der Waals surface area contributed by atoms with Crippen molar-refractivity contribution in [1.29, 1.82) is 0 Å². The molecule has 22 heavy (non-hydrogen) atoms. The van der Waals surface area contributed by atoms with Gasteiger partial charge in [-0.25, -0.2) is 4.89 Å². The van der Waals surface area contributed by atoms with Gasteiger partial charge in [-0.05, 0) is 6.42 Å². The Bertz CT molecular complexity index is 528. The van der Waals surface area contributed by atoms with E-state index in [4.69, 9.17) is 14.5 Å². The number of rotatable bonds is 6. The minimum atomic E-state index is -0.973. The monoisotopic (exact) mass is 298 g/mol. The van der Waals surface area contributed by atoms with Crippen molar-refractivity contribution in [2.75, 3.05) is 0 Å². The average Bonchev–Trinajstić information content (AvgIpc) is 3.02. The quantitative estimate of drug-likeness (QED) is 0.568. The topological polar surface area (TPSA) is 27.7 Å². The first kappa shape index (κ1) is 15.2. The zero-order chi connectivity index (χ0) is 15.3. The zero-order valence-corrected chi connectivity index (χ0v) is 12.9. The van der Waals surface area contributed by atoms with Gasteiger partial charge in [0.25, 0.3) is 5.79 Å². The van der Waals surface area contributed by atoms with Crippen LogP contribution in [0.2, 0.25) is 0 Å². The van der Waals surface area contributed by atoms with Crippen LogP contribution in [0.1, 0.15) is 43.7 Å². The Hall–Kier alpha value is -1.68. The molecule has 0 saturated carbocycles. The molecule has 1 fully saturated rings. The van der Waals surface area contributed by atoms with E-state index >= 15 is 0 Å². The summed E-state index contributed by atoms with van der Waals surface area (Å²) in [6.07, 6.45) is 3.94. The maximum Gasteiger partial charge on any atom is 0.256 e. The van der Waals surface area contributed by atoms with Gasteiger partial charge in [0, 0.05) is 17.5 Å². The third-order valence-electron chi connectivity index (χ3n) is 3.92. The minimum Gasteiger partial charge on any atom is -0.307 e. The molecule has 116 valence electrons. The van der Waals surface area contributed by atoms with Gasteiger partial charge in [0.05, 0.1) is 0 Å². The predicted octanol–water partition coefficient (Wildman–Crippen LogP) is 4.77. The van der Waals surface area contributed by atoms with E-state index in [-0.39, 0.29) is 6.29 Å². The van der Waals surface area contributed by atoms with E-state index in [9.17, 15) is 0 Å². The van der Waals surface area contributed by atoms with Crippen LogP contribution in [0.4, 0.5) is 0 Å². The maximum atomic E-state index is 6.22. The first-order chi connectivity index (χ1) is 10.8. The van der Waals surface area contributed by atoms with Crippen molar-refractivity contribution in [3.05, 3.63) is 71.8 Å². The van der Waals surface area contributed by atoms with Crippen LogP contribution in [0.5, 0.6) is 0 Å². The second-order valence-corrected chi connectivity index (χ2v) is 5.57. The van der Waals surface area contributed by atoms with E-state index in [1.807, 2.05) is 60.7 Å². The number of unbranched alkanes of at least 4 members (excludes halogenated alkanes) is 2. The van der Waals surface area contributed by atoms with Gasteiger partial charge in [-0.15, -0.1) is 0 Å². The molecule has 0 amide bonds. The van der Waals surface area contributed by atoms with Crippen molar-refractivity contribution in [1.82, 2.24) is 0 Å². The smallest absolute Gasteiger partial charge is 0.256 e. The number of ether oxygens (including phenoxy) is 1. The summed E-state index contributed by atoms with van der Waals surface area (Å²) in [4.78, 5) is 11.2. The molecule has 1 aliphatic rings. The van der Waals surface area contributed by atoms with Gasteiger partial charge in [-0.1, -0.05) is 80.4 Å². The molecule has 3 rings (SSSR count). The molecule has 0 spiro atoms. The van der Waals surface area contributed by atoms with Gasteiger partial charge in [-0.2, -0.15) is 4.89 Å². The van der Waals surface area contributed by atoms with Crippen molar-refractivity contribution in [2.24, 2.45) is 0 Å². The van der Waals surface area contributed by atoms with E-state index < -0.39 is 5.79 Å². The average molecular weight is 298 g/mol. The Labute approximate surface area is 131 Å². The summed E-state index contributed by atoms with van der Waals surface area (Å²) >= 11 is 0. The Morgan fingerprint density at radius 2 is 1.45 bits per heavy atom. The van der Waals surface area contributed by atoms with Crippen molar-refractivity contribution in [3.63, 3.8) is 0 Å². The van der Waals surface area contributed by atoms with E-state index in [0.29, 0.717) is 0 Å². The van der Waals surface area contributed by atoms with E-state index in [1.54, 1.807) is 0 Å². The highest BCUT2D eigenvalue weighted by Crippen LogP contribution is 2.42. The van der Waals surface area contributed by atoms with E-state index in [0.717, 1.165) is 24.0 Å². The molecule has 0 aromatic heterocycles. The second kappa shape index (κ2) is 7.05. The highest BCUT2D eigenvalue weighted by atomic mass is 17.3. The lowest BCUT2D eigenvalue weighted by Crippen LogP contribution is -2.29. The number of hydrogen-bond donors (Lipinski definition) is 0. The fraction of sp³-hybridized carbons (Fsp3) is 0.368. The molecule has 0 N–H and O–H groups in total. The van der Waals surface area contributed by atoms with Gasteiger partial charge in [0.1, 0.15) is 0 Å². The van der Waals surface area contributed by atoms with Crippen molar-refractivity contribution in [3.8, 4) is 0 Å². The second-order valence-electron chi connectivity index (χ2n) is 5.57. The number of hydrogen-bond acceptors (Lipinski definition) is 3. The Morgan fingerprint density at radius 1 is 0.864 bits per heavy atom. The van der Waals surface area contributed by atoms with Gasteiger partial charge in [-0.3, -0.25) is 0 Å². The van der Waals surface area contributed by atoms with Gasteiger partial charge in [0.2, 0.25) is 0 Å². The van der Waals surface area contributed by atoms with Gasteiger partial charge >= 0.3 is 0 Å². The van der Waals surface area contributed by atoms with Crippen LogP contribution in [0.15, 0.2) is 60.7 Å². The number of benzene rings is 2. The fourth-order valence-electron chi connectivity index (χ4n) is 2.73. The first-order valence-electron chi connectivity index (χ1n) is 7.98. The highest BCUT2D eigenvalue weighted by molar-refractivity contribution is 5.33. The molecular formula is C19H22O3. The summed E-state index contributed by atoms with van der Waals surface area (Å²) in [5.74, 6) is -0.973. The molecule has 1 saturated heterocycles. The first-order valence-corrected chi connectivity index (χ1v) is 7.98. The van der Waals surface area contributed by atoms with Gasteiger partial charge in [0.15, 0.2) is 6.29 Å². The van der Waals surface area contributed by atoms with Crippen LogP contribution < -0.4 is 0 Å². The largest absolute Gasteiger partial charge is 0.307 e. The Morgan fingerprint density at radius 3 is 2.00 bits per heavy atom. The summed E-state index contributed by atoms with van der Waals surface area (Å²) in [7, 11) is 0. The van der Waals surface area contributed by atoms with Crippen LogP contribution >= 0.6 is 0 Å². The molecule has 3 nitrogen and oxygen atoms in total. The van der Waals surface area contributed by atoms with Crippen molar-refractivity contribution < 1.29 is 14.5 Å². The zero-order valence-electron chi connectivity index (χ0n) is 12.9. The lowest BCUT2D eigenvalue weighted by atomic mass is 9.97. The minimum absolute atomic E-state index is 0.327. The standard InChI is InChI=1S/C19H22O3/c1-2-3-6-15-18-20-19(22-21-18,16-11-7-4-8-12-16)17-13-9-5-10-14-17/h4-5,7-14,18H,2-3,6,15H2,1H3. The van der Waals surface area contributed by atoms with Crippen LogP contribution in [0, 0.1) is 0 Å². The van der Waals surface area contributed by atoms with Crippen molar-refractivity contribution >= 4 is 0 Å². The lowest BCUT2D eigenvalue weighted by Gasteiger charge is -2.26. The summed E-state index contributed by atoms with van der Waals surface area (Å²) in [5, 5.41) is 0. The molecule has 3 heteroatoms. The van der Waals surface area contributed by atoms with Crippen LogP contribution in [0.25, 0.3) is 0 Å². The molecule has 1 aliphatic heterocycles. The lowest BCUT2D eigenvalue weighted by molar-refractivity contribution is -0.324. The normalized spacial score (nSPS) is 20.1. The third-order valence-corrected chi connectivity index (χ3v) is 3.92. The maximum absolute atomic E-state index is 6.22. The third kappa shape index (κ3) is 3.07. The van der Waals surface area contributed by atoms with E-state index in [2.05, 4.69) is 6.92 Å². The predicted molar refractivity (Wildman–Crippen MR) is 84.8 cm³/mol. The molecule has 0 aliphatic carbocycles. The highest BCUT2D eigenvalue weighted by Gasteiger charge is 2.46. The molecular weight excluding hydrogens is 276 g/mol. The summed E-state index contributed by atoms with van der Waals surface area (Å²) in [6, 6.07) is 19.9. The molecule has 2 aromatic carbocycles. The van der Waals surface area contributed by atoms with Crippen LogP contribution in [-0.4, -0.2) is 6.29 Å². The Balaban J connectivity index is 1.87. The summed E-state index contributed by atoms with van der Waals surface area (Å²) in [6.45, 7) is 2.19. The Kier molecular flexibility index (Phi) is 4.88. The summed E-state index contributed by atoms with van der Waals surface area (Å²) in [5.41, 5.74) is 1.89.